The van der Waals surface area contributed by atoms with Crippen molar-refractivity contribution in [3.8, 4) is 0 Å². The highest BCUT2D eigenvalue weighted by atomic mass is 32.2. The van der Waals surface area contributed by atoms with Gasteiger partial charge in [-0.2, -0.15) is 4.31 Å². The van der Waals surface area contributed by atoms with E-state index < -0.39 is 10.0 Å². The van der Waals surface area contributed by atoms with Crippen LogP contribution in [0.1, 0.15) is 12.8 Å². The van der Waals surface area contributed by atoms with E-state index in [0.29, 0.717) is 23.9 Å². The summed E-state index contributed by atoms with van der Waals surface area (Å²) in [6.07, 6.45) is 1.84. The summed E-state index contributed by atoms with van der Waals surface area (Å²) >= 11 is 0. The number of sulfonamides is 1. The van der Waals surface area contributed by atoms with Crippen LogP contribution in [0.4, 0.5) is 0 Å². The Labute approximate surface area is 132 Å². The Kier molecular flexibility index (Phi) is 4.47. The fourth-order valence-corrected chi connectivity index (χ4v) is 4.89. The second-order valence-electron chi connectivity index (χ2n) is 5.88. The van der Waals surface area contributed by atoms with Gasteiger partial charge in [0, 0.05) is 18.5 Å². The third-order valence-corrected chi connectivity index (χ3v) is 6.39. The first-order valence-corrected chi connectivity index (χ1v) is 9.19. The van der Waals surface area contributed by atoms with E-state index in [9.17, 15) is 8.42 Å². The van der Waals surface area contributed by atoms with Crippen LogP contribution in [0.2, 0.25) is 0 Å². The molecular weight excluding hydrogens is 296 g/mol. The summed E-state index contributed by atoms with van der Waals surface area (Å²) in [5.41, 5.74) is 0. The molecule has 1 fully saturated rings. The number of piperidine rings is 1. The van der Waals surface area contributed by atoms with Crippen molar-refractivity contribution in [1.29, 1.82) is 0 Å². The van der Waals surface area contributed by atoms with Gasteiger partial charge in [-0.1, -0.05) is 36.4 Å². The number of hydrogen-bond acceptors (Lipinski definition) is 3. The van der Waals surface area contributed by atoms with Crippen molar-refractivity contribution in [1.82, 2.24) is 9.62 Å². The molecule has 0 spiro atoms. The van der Waals surface area contributed by atoms with Crippen LogP contribution in [0, 0.1) is 5.92 Å². The second-order valence-corrected chi connectivity index (χ2v) is 7.79. The standard InChI is InChI=1S/C17H22N2O2S/c1-18-13-14-9-11-19(12-10-14)22(20,21)17-8-4-6-15-5-2-3-7-16(15)17/h2-8,14,18H,9-13H2,1H3. The van der Waals surface area contributed by atoms with Gasteiger partial charge >= 0.3 is 0 Å². The lowest BCUT2D eigenvalue weighted by molar-refractivity contribution is 0.271. The Hall–Kier alpha value is -1.43. The molecule has 5 heteroatoms. The van der Waals surface area contributed by atoms with E-state index in [1.54, 1.807) is 10.4 Å². The first kappa shape index (κ1) is 15.5. The maximum Gasteiger partial charge on any atom is 0.243 e. The van der Waals surface area contributed by atoms with Crippen LogP contribution in [0.5, 0.6) is 0 Å². The van der Waals surface area contributed by atoms with Gasteiger partial charge in [0.1, 0.15) is 0 Å². The minimum atomic E-state index is -3.41. The van der Waals surface area contributed by atoms with E-state index in [0.717, 1.165) is 30.2 Å². The topological polar surface area (TPSA) is 49.4 Å². The molecular formula is C17H22N2O2S. The Morgan fingerprint density at radius 1 is 1.09 bits per heavy atom. The molecule has 1 aliphatic heterocycles. The molecule has 1 heterocycles. The van der Waals surface area contributed by atoms with E-state index >= 15 is 0 Å². The van der Waals surface area contributed by atoms with Crippen LogP contribution >= 0.6 is 0 Å². The molecule has 0 radical (unpaired) electrons. The zero-order valence-corrected chi connectivity index (χ0v) is 13.6. The minimum Gasteiger partial charge on any atom is -0.319 e. The van der Waals surface area contributed by atoms with Crippen molar-refractivity contribution in [2.45, 2.75) is 17.7 Å². The first-order valence-electron chi connectivity index (χ1n) is 7.75. The zero-order valence-electron chi connectivity index (χ0n) is 12.8. The zero-order chi connectivity index (χ0) is 15.6. The van der Waals surface area contributed by atoms with Crippen LogP contribution in [0.25, 0.3) is 10.8 Å². The largest absolute Gasteiger partial charge is 0.319 e. The van der Waals surface area contributed by atoms with E-state index in [-0.39, 0.29) is 0 Å². The molecule has 0 aromatic heterocycles. The Morgan fingerprint density at radius 2 is 1.77 bits per heavy atom. The first-order chi connectivity index (χ1) is 10.6. The summed E-state index contributed by atoms with van der Waals surface area (Å²) in [6, 6.07) is 13.2. The molecule has 2 aromatic rings. The van der Waals surface area contributed by atoms with Crippen molar-refractivity contribution >= 4 is 20.8 Å². The molecule has 0 aliphatic carbocycles. The van der Waals surface area contributed by atoms with Crippen LogP contribution < -0.4 is 5.32 Å². The molecule has 2 aromatic carbocycles. The number of nitrogens with one attached hydrogen (secondary N) is 1. The van der Waals surface area contributed by atoms with E-state index in [2.05, 4.69) is 5.32 Å². The highest BCUT2D eigenvalue weighted by molar-refractivity contribution is 7.89. The molecule has 22 heavy (non-hydrogen) atoms. The lowest BCUT2D eigenvalue weighted by Crippen LogP contribution is -2.40. The minimum absolute atomic E-state index is 0.428. The van der Waals surface area contributed by atoms with E-state index in [4.69, 9.17) is 0 Å². The average molecular weight is 318 g/mol. The molecule has 0 bridgehead atoms. The van der Waals surface area contributed by atoms with Gasteiger partial charge < -0.3 is 5.32 Å². The highest BCUT2D eigenvalue weighted by Crippen LogP contribution is 2.28. The summed E-state index contributed by atoms with van der Waals surface area (Å²) in [5, 5.41) is 4.95. The molecule has 0 atom stereocenters. The number of hydrogen-bond donors (Lipinski definition) is 1. The summed E-state index contributed by atoms with van der Waals surface area (Å²) < 4.78 is 27.6. The molecule has 1 saturated heterocycles. The fourth-order valence-electron chi connectivity index (χ4n) is 3.20. The quantitative estimate of drug-likeness (QED) is 0.942. The van der Waals surface area contributed by atoms with Crippen LogP contribution in [-0.2, 0) is 10.0 Å². The van der Waals surface area contributed by atoms with Crippen molar-refractivity contribution in [3.05, 3.63) is 42.5 Å². The van der Waals surface area contributed by atoms with Crippen molar-refractivity contribution in [3.63, 3.8) is 0 Å². The lowest BCUT2D eigenvalue weighted by atomic mass is 9.98. The molecule has 0 saturated carbocycles. The van der Waals surface area contributed by atoms with Crippen LogP contribution in [-0.4, -0.2) is 39.4 Å². The Bertz CT molecular complexity index is 745. The Morgan fingerprint density at radius 3 is 2.50 bits per heavy atom. The molecule has 0 amide bonds. The second kappa shape index (κ2) is 6.36. The van der Waals surface area contributed by atoms with Gasteiger partial charge in [0.25, 0.3) is 0 Å². The van der Waals surface area contributed by atoms with Gasteiger partial charge in [-0.05, 0) is 43.8 Å². The van der Waals surface area contributed by atoms with Crippen LogP contribution in [0.15, 0.2) is 47.4 Å². The molecule has 1 N–H and O–H groups in total. The van der Waals surface area contributed by atoms with Gasteiger partial charge in [0.2, 0.25) is 10.0 Å². The number of rotatable bonds is 4. The molecule has 3 rings (SSSR count). The summed E-state index contributed by atoms with van der Waals surface area (Å²) in [7, 11) is -1.47. The monoisotopic (exact) mass is 318 g/mol. The molecule has 4 nitrogen and oxygen atoms in total. The van der Waals surface area contributed by atoms with Crippen molar-refractivity contribution < 1.29 is 8.42 Å². The number of fused-ring (bicyclic) bond motifs is 1. The maximum absolute atomic E-state index is 13.0. The van der Waals surface area contributed by atoms with E-state index in [1.165, 1.54) is 0 Å². The summed E-state index contributed by atoms with van der Waals surface area (Å²) in [6.45, 7) is 2.18. The molecule has 0 unspecified atom stereocenters. The Balaban J connectivity index is 1.90. The van der Waals surface area contributed by atoms with Gasteiger partial charge in [-0.15, -0.1) is 0 Å². The van der Waals surface area contributed by atoms with Crippen molar-refractivity contribution in [2.75, 3.05) is 26.7 Å². The smallest absolute Gasteiger partial charge is 0.243 e. The average Bonchev–Trinajstić information content (AvgIpc) is 2.55. The normalized spacial score (nSPS) is 17.9. The maximum atomic E-state index is 13.0. The van der Waals surface area contributed by atoms with Gasteiger partial charge in [-0.25, -0.2) is 8.42 Å². The summed E-state index contributed by atoms with van der Waals surface area (Å²) in [5.74, 6) is 0.573. The lowest BCUT2D eigenvalue weighted by Gasteiger charge is -2.31. The molecule has 1 aliphatic rings. The predicted molar refractivity (Wildman–Crippen MR) is 89.4 cm³/mol. The van der Waals surface area contributed by atoms with Gasteiger partial charge in [0.15, 0.2) is 0 Å². The molecule has 118 valence electrons. The third kappa shape index (κ3) is 2.89. The van der Waals surface area contributed by atoms with Gasteiger partial charge in [0.05, 0.1) is 4.90 Å². The summed E-state index contributed by atoms with van der Waals surface area (Å²) in [4.78, 5) is 0.428. The van der Waals surface area contributed by atoms with Gasteiger partial charge in [-0.3, -0.25) is 0 Å². The third-order valence-electron chi connectivity index (χ3n) is 4.43. The van der Waals surface area contributed by atoms with Crippen molar-refractivity contribution in [2.24, 2.45) is 5.92 Å². The predicted octanol–water partition coefficient (Wildman–Crippen LogP) is 2.46. The number of nitrogens with zero attached hydrogens (tertiary/aromatic N) is 1. The highest BCUT2D eigenvalue weighted by Gasteiger charge is 2.30. The number of benzene rings is 2. The fraction of sp³-hybridized carbons (Fsp3) is 0.412. The van der Waals surface area contributed by atoms with Crippen LogP contribution in [0.3, 0.4) is 0 Å². The van der Waals surface area contributed by atoms with E-state index in [1.807, 2.05) is 43.4 Å². The SMILES string of the molecule is CNCC1CCN(S(=O)(=O)c2cccc3ccccc23)CC1.